The molecule has 0 spiro atoms. The number of hydrogen-bond acceptors (Lipinski definition) is 8. The van der Waals surface area contributed by atoms with Crippen molar-refractivity contribution in [3.63, 3.8) is 0 Å². The minimum absolute atomic E-state index is 0.108. The van der Waals surface area contributed by atoms with Gasteiger partial charge >= 0.3 is 5.97 Å². The van der Waals surface area contributed by atoms with Crippen molar-refractivity contribution in [1.29, 1.82) is 5.26 Å². The number of esters is 1. The molecule has 1 aromatic heterocycles. The molecule has 186 valence electrons. The average Bonchev–Trinajstić information content (AvgIpc) is 3.55. The number of hydrogen-bond donors (Lipinski definition) is 0. The van der Waals surface area contributed by atoms with Crippen LogP contribution in [0.3, 0.4) is 0 Å². The van der Waals surface area contributed by atoms with Gasteiger partial charge in [0.25, 0.3) is 5.91 Å². The maximum Gasteiger partial charge on any atom is 0.329 e. The number of nitrogens with zero attached hydrogens (tertiary/aromatic N) is 4. The maximum atomic E-state index is 13.2. The number of anilines is 2. The molecular weight excluding hydrogens is 472 g/mol. The van der Waals surface area contributed by atoms with Gasteiger partial charge in [0.2, 0.25) is 5.78 Å². The fourth-order valence-electron chi connectivity index (χ4n) is 4.85. The molecule has 0 aliphatic carbocycles. The molecule has 0 saturated heterocycles. The van der Waals surface area contributed by atoms with Crippen LogP contribution in [0.15, 0.2) is 82.7 Å². The lowest BCUT2D eigenvalue weighted by Crippen LogP contribution is -2.49. The molecule has 3 heterocycles. The summed E-state index contributed by atoms with van der Waals surface area (Å²) in [5.41, 5.74) is 3.43. The van der Waals surface area contributed by atoms with Crippen molar-refractivity contribution in [1.82, 2.24) is 4.90 Å². The maximum absolute atomic E-state index is 13.2. The van der Waals surface area contributed by atoms with Crippen LogP contribution in [0.4, 0.5) is 11.4 Å². The SMILES string of the molecule is CN1C(=C(C#N)C(=O)COC(=O)[C@@H]2Cc3ccccc3CN2C(=O)c2ccco2)N(C)c2ccccc21. The molecule has 9 heteroatoms. The largest absolute Gasteiger partial charge is 0.459 e. The van der Waals surface area contributed by atoms with Gasteiger partial charge in [0.1, 0.15) is 23.5 Å². The first-order valence-electron chi connectivity index (χ1n) is 11.7. The summed E-state index contributed by atoms with van der Waals surface area (Å²) >= 11 is 0. The predicted octanol–water partition coefficient (Wildman–Crippen LogP) is 3.28. The van der Waals surface area contributed by atoms with Gasteiger partial charge in [-0.25, -0.2) is 4.79 Å². The molecule has 2 aromatic carbocycles. The zero-order valence-corrected chi connectivity index (χ0v) is 20.4. The number of benzene rings is 2. The van der Waals surface area contributed by atoms with Crippen LogP contribution in [0.2, 0.25) is 0 Å². The second-order valence-corrected chi connectivity index (χ2v) is 8.85. The van der Waals surface area contributed by atoms with Gasteiger partial charge in [0, 0.05) is 27.1 Å². The average molecular weight is 497 g/mol. The quantitative estimate of drug-likeness (QED) is 0.301. The topological polar surface area (TPSA) is 107 Å². The Morgan fingerprint density at radius 3 is 2.24 bits per heavy atom. The number of carbonyl (C=O) groups is 3. The molecule has 0 unspecified atom stereocenters. The zero-order valence-electron chi connectivity index (χ0n) is 20.4. The third-order valence-electron chi connectivity index (χ3n) is 6.71. The third kappa shape index (κ3) is 4.23. The van der Waals surface area contributed by atoms with Crippen molar-refractivity contribution < 1.29 is 23.5 Å². The number of para-hydroxylation sites is 2. The van der Waals surface area contributed by atoms with E-state index in [4.69, 9.17) is 9.15 Å². The standard InChI is InChI=1S/C28H24N4O5/c1-30-21-10-5-6-11-22(21)31(2)26(30)20(15-29)24(33)17-37-28(35)23-14-18-8-3-4-9-19(18)16-32(23)27(34)25-12-7-13-36-25/h3-13,23H,14,16-17H2,1-2H3/t23-/m0/s1. The highest BCUT2D eigenvalue weighted by Crippen LogP contribution is 2.40. The molecule has 37 heavy (non-hydrogen) atoms. The fraction of sp³-hybridized carbons (Fsp3) is 0.214. The molecule has 0 bridgehead atoms. The number of Topliss-reactive ketones (excluding diaryl/α,β-unsaturated/α-hetero) is 1. The highest BCUT2D eigenvalue weighted by molar-refractivity contribution is 6.04. The van der Waals surface area contributed by atoms with Gasteiger partial charge in [0.05, 0.1) is 17.6 Å². The molecule has 0 fully saturated rings. The molecule has 1 amide bonds. The van der Waals surface area contributed by atoms with E-state index in [1.807, 2.05) is 54.6 Å². The van der Waals surface area contributed by atoms with Crippen LogP contribution in [-0.4, -0.2) is 49.3 Å². The number of amides is 1. The van der Waals surface area contributed by atoms with Crippen molar-refractivity contribution in [3.8, 4) is 6.07 Å². The zero-order chi connectivity index (χ0) is 26.1. The smallest absolute Gasteiger partial charge is 0.329 e. The summed E-state index contributed by atoms with van der Waals surface area (Å²) in [6.07, 6.45) is 1.63. The lowest BCUT2D eigenvalue weighted by Gasteiger charge is -2.34. The second-order valence-electron chi connectivity index (χ2n) is 8.85. The number of rotatable bonds is 5. The summed E-state index contributed by atoms with van der Waals surface area (Å²) in [5, 5.41) is 9.83. The monoisotopic (exact) mass is 496 g/mol. The molecule has 3 aromatic rings. The van der Waals surface area contributed by atoms with E-state index in [1.165, 1.54) is 17.2 Å². The predicted molar refractivity (Wildman–Crippen MR) is 134 cm³/mol. The van der Waals surface area contributed by atoms with Gasteiger partial charge in [-0.2, -0.15) is 5.26 Å². The Morgan fingerprint density at radius 2 is 1.62 bits per heavy atom. The first-order valence-corrected chi connectivity index (χ1v) is 11.7. The summed E-state index contributed by atoms with van der Waals surface area (Å²) in [6, 6.07) is 19.2. The Labute approximate surface area is 213 Å². The number of fused-ring (bicyclic) bond motifs is 2. The Morgan fingerprint density at radius 1 is 0.973 bits per heavy atom. The Bertz CT molecular complexity index is 1420. The van der Waals surface area contributed by atoms with Crippen LogP contribution < -0.4 is 9.80 Å². The molecular formula is C28H24N4O5. The summed E-state index contributed by atoms with van der Waals surface area (Å²) in [5.74, 6) is -1.28. The first kappa shape index (κ1) is 23.9. The van der Waals surface area contributed by atoms with E-state index in [9.17, 15) is 19.6 Å². The van der Waals surface area contributed by atoms with Crippen LogP contribution in [0.1, 0.15) is 21.7 Å². The number of ether oxygens (including phenoxy) is 1. The normalized spacial score (nSPS) is 16.1. The Kier molecular flexibility index (Phi) is 6.24. The second kappa shape index (κ2) is 9.66. The van der Waals surface area contributed by atoms with Gasteiger partial charge in [-0.3, -0.25) is 9.59 Å². The number of nitriles is 1. The van der Waals surface area contributed by atoms with E-state index in [1.54, 1.807) is 30.0 Å². The van der Waals surface area contributed by atoms with Crippen molar-refractivity contribution in [2.24, 2.45) is 0 Å². The molecule has 0 N–H and O–H groups in total. The third-order valence-corrected chi connectivity index (χ3v) is 6.71. The highest BCUT2D eigenvalue weighted by atomic mass is 16.5. The van der Waals surface area contributed by atoms with E-state index in [2.05, 4.69) is 0 Å². The molecule has 0 radical (unpaired) electrons. The van der Waals surface area contributed by atoms with Crippen LogP contribution in [0.5, 0.6) is 0 Å². The van der Waals surface area contributed by atoms with Crippen LogP contribution in [0, 0.1) is 11.3 Å². The van der Waals surface area contributed by atoms with E-state index in [0.717, 1.165) is 22.5 Å². The molecule has 5 rings (SSSR count). The number of ketones is 1. The van der Waals surface area contributed by atoms with Gasteiger partial charge < -0.3 is 23.9 Å². The Balaban J connectivity index is 1.36. The number of furan rings is 1. The van der Waals surface area contributed by atoms with Crippen molar-refractivity contribution >= 4 is 29.0 Å². The van der Waals surface area contributed by atoms with Crippen LogP contribution in [0.25, 0.3) is 0 Å². The molecule has 1 atom stereocenters. The molecule has 2 aliphatic rings. The van der Waals surface area contributed by atoms with E-state index < -0.39 is 30.3 Å². The van der Waals surface area contributed by atoms with Gasteiger partial charge in [-0.1, -0.05) is 36.4 Å². The highest BCUT2D eigenvalue weighted by Gasteiger charge is 2.38. The van der Waals surface area contributed by atoms with Crippen molar-refractivity contribution in [3.05, 3.63) is 95.2 Å². The molecule has 9 nitrogen and oxygen atoms in total. The minimum atomic E-state index is -0.945. The summed E-state index contributed by atoms with van der Waals surface area (Å²) < 4.78 is 10.7. The van der Waals surface area contributed by atoms with Crippen LogP contribution >= 0.6 is 0 Å². The van der Waals surface area contributed by atoms with E-state index >= 15 is 0 Å². The van der Waals surface area contributed by atoms with E-state index in [-0.39, 0.29) is 24.3 Å². The first-order chi connectivity index (χ1) is 17.9. The van der Waals surface area contributed by atoms with Gasteiger partial charge in [-0.15, -0.1) is 0 Å². The summed E-state index contributed by atoms with van der Waals surface area (Å²) in [4.78, 5) is 44.3. The minimum Gasteiger partial charge on any atom is -0.459 e. The summed E-state index contributed by atoms with van der Waals surface area (Å²) in [6.45, 7) is -0.422. The van der Waals surface area contributed by atoms with Crippen molar-refractivity contribution in [2.75, 3.05) is 30.5 Å². The van der Waals surface area contributed by atoms with Gasteiger partial charge in [-0.05, 0) is 35.4 Å². The van der Waals surface area contributed by atoms with E-state index in [0.29, 0.717) is 5.82 Å². The van der Waals surface area contributed by atoms with Crippen LogP contribution in [-0.2, 0) is 27.3 Å². The molecule has 2 aliphatic heterocycles. The lowest BCUT2D eigenvalue weighted by molar-refractivity contribution is -0.152. The summed E-state index contributed by atoms with van der Waals surface area (Å²) in [7, 11) is 3.54. The molecule has 0 saturated carbocycles. The fourth-order valence-corrected chi connectivity index (χ4v) is 4.85. The Hall–Kier alpha value is -4.84. The van der Waals surface area contributed by atoms with Gasteiger partial charge in [0.15, 0.2) is 12.4 Å². The van der Waals surface area contributed by atoms with Crippen molar-refractivity contribution in [2.45, 2.75) is 19.0 Å². The number of carbonyl (C=O) groups excluding carboxylic acids is 3. The lowest BCUT2D eigenvalue weighted by atomic mass is 9.93.